The van der Waals surface area contributed by atoms with Gasteiger partial charge in [-0.3, -0.25) is 9.80 Å². The summed E-state index contributed by atoms with van der Waals surface area (Å²) in [6, 6.07) is 11.3. The SMILES string of the molecule is CC(C)(C)N1CCC2(CC1)CCC(Cc1ccccc1)(N1CCC1)CC2. The van der Waals surface area contributed by atoms with E-state index in [4.69, 9.17) is 0 Å². The Morgan fingerprint density at radius 3 is 1.92 bits per heavy atom. The van der Waals surface area contributed by atoms with Crippen molar-refractivity contribution in [2.24, 2.45) is 5.41 Å². The van der Waals surface area contributed by atoms with Crippen LogP contribution in [0.4, 0.5) is 0 Å². The van der Waals surface area contributed by atoms with Gasteiger partial charge in [-0.05, 0) is 109 Å². The first-order valence-corrected chi connectivity index (χ1v) is 11.0. The Balaban J connectivity index is 1.43. The highest BCUT2D eigenvalue weighted by Crippen LogP contribution is 2.51. The van der Waals surface area contributed by atoms with E-state index in [1.165, 1.54) is 83.1 Å². The van der Waals surface area contributed by atoms with Gasteiger partial charge >= 0.3 is 0 Å². The molecule has 0 amide bonds. The van der Waals surface area contributed by atoms with Crippen LogP contribution in [0.15, 0.2) is 30.3 Å². The molecule has 3 fully saturated rings. The molecule has 0 bridgehead atoms. The number of piperidine rings is 1. The lowest BCUT2D eigenvalue weighted by Crippen LogP contribution is -2.60. The molecule has 144 valence electrons. The number of nitrogens with zero attached hydrogens (tertiary/aromatic N) is 2. The second-order valence-electron chi connectivity index (χ2n) is 10.4. The van der Waals surface area contributed by atoms with Gasteiger partial charge in [-0.2, -0.15) is 0 Å². The average molecular weight is 355 g/mol. The molecule has 0 aromatic heterocycles. The molecule has 0 unspecified atom stereocenters. The lowest BCUT2D eigenvalue weighted by molar-refractivity contribution is -0.0531. The molecule has 0 radical (unpaired) electrons. The maximum atomic E-state index is 2.83. The fourth-order valence-corrected chi connectivity index (χ4v) is 5.77. The summed E-state index contributed by atoms with van der Waals surface area (Å²) in [5, 5.41) is 0. The van der Waals surface area contributed by atoms with E-state index < -0.39 is 0 Å². The van der Waals surface area contributed by atoms with Crippen LogP contribution in [0.1, 0.15) is 71.3 Å². The van der Waals surface area contributed by atoms with Crippen LogP contribution in [-0.2, 0) is 6.42 Å². The van der Waals surface area contributed by atoms with Crippen molar-refractivity contribution in [2.45, 2.75) is 83.2 Å². The van der Waals surface area contributed by atoms with Gasteiger partial charge in [-0.15, -0.1) is 0 Å². The van der Waals surface area contributed by atoms with E-state index in [2.05, 4.69) is 60.9 Å². The predicted molar refractivity (Wildman–Crippen MR) is 111 cm³/mol. The van der Waals surface area contributed by atoms with Gasteiger partial charge in [0, 0.05) is 11.1 Å². The summed E-state index contributed by atoms with van der Waals surface area (Å²) in [6.45, 7) is 12.4. The van der Waals surface area contributed by atoms with Crippen LogP contribution in [0.3, 0.4) is 0 Å². The third kappa shape index (κ3) is 3.60. The molecular formula is C24H38N2. The molecule has 1 saturated carbocycles. The Morgan fingerprint density at radius 1 is 0.808 bits per heavy atom. The van der Waals surface area contributed by atoms with Crippen molar-refractivity contribution in [3.63, 3.8) is 0 Å². The molecule has 26 heavy (non-hydrogen) atoms. The summed E-state index contributed by atoms with van der Waals surface area (Å²) in [6.07, 6.45) is 11.2. The van der Waals surface area contributed by atoms with Gasteiger partial charge < -0.3 is 0 Å². The first kappa shape index (κ1) is 18.5. The minimum absolute atomic E-state index is 0.338. The number of hydrogen-bond donors (Lipinski definition) is 0. The van der Waals surface area contributed by atoms with Gasteiger partial charge in [-0.25, -0.2) is 0 Å². The van der Waals surface area contributed by atoms with Crippen molar-refractivity contribution in [1.29, 1.82) is 0 Å². The molecule has 2 aliphatic heterocycles. The zero-order valence-electron chi connectivity index (χ0n) is 17.3. The maximum Gasteiger partial charge on any atom is 0.0250 e. The zero-order valence-corrected chi connectivity index (χ0v) is 17.3. The van der Waals surface area contributed by atoms with Crippen molar-refractivity contribution >= 4 is 0 Å². The normalized spacial score (nSPS) is 26.6. The smallest absolute Gasteiger partial charge is 0.0250 e. The Kier molecular flexibility index (Phi) is 4.94. The van der Waals surface area contributed by atoms with Crippen LogP contribution < -0.4 is 0 Å². The highest BCUT2D eigenvalue weighted by molar-refractivity contribution is 5.19. The fraction of sp³-hybridized carbons (Fsp3) is 0.750. The van der Waals surface area contributed by atoms with Crippen LogP contribution in [0.2, 0.25) is 0 Å². The van der Waals surface area contributed by atoms with E-state index in [1.807, 2.05) is 0 Å². The van der Waals surface area contributed by atoms with Gasteiger partial charge in [0.15, 0.2) is 0 Å². The largest absolute Gasteiger partial charge is 0.298 e. The number of likely N-dealkylation sites (tertiary alicyclic amines) is 2. The Bertz CT molecular complexity index is 578. The molecule has 1 aromatic carbocycles. The van der Waals surface area contributed by atoms with E-state index in [0.717, 1.165) is 0 Å². The summed E-state index contributed by atoms with van der Waals surface area (Å²) >= 11 is 0. The third-order valence-electron chi connectivity index (χ3n) is 7.92. The Morgan fingerprint density at radius 2 is 1.42 bits per heavy atom. The molecule has 0 atom stereocenters. The van der Waals surface area contributed by atoms with Gasteiger partial charge in [0.05, 0.1) is 0 Å². The average Bonchev–Trinajstić information content (AvgIpc) is 2.57. The predicted octanol–water partition coefficient (Wildman–Crippen LogP) is 5.13. The molecule has 4 rings (SSSR count). The van der Waals surface area contributed by atoms with Gasteiger partial charge in [0.25, 0.3) is 0 Å². The van der Waals surface area contributed by atoms with E-state index >= 15 is 0 Å². The lowest BCUT2D eigenvalue weighted by Gasteiger charge is -2.57. The molecule has 1 aromatic rings. The molecule has 2 saturated heterocycles. The van der Waals surface area contributed by atoms with Crippen LogP contribution in [0.5, 0.6) is 0 Å². The first-order chi connectivity index (χ1) is 12.4. The molecule has 2 nitrogen and oxygen atoms in total. The maximum absolute atomic E-state index is 2.83. The molecule has 3 aliphatic rings. The fourth-order valence-electron chi connectivity index (χ4n) is 5.77. The topological polar surface area (TPSA) is 6.48 Å². The van der Waals surface area contributed by atoms with Gasteiger partial charge in [0.1, 0.15) is 0 Å². The van der Waals surface area contributed by atoms with Crippen molar-refractivity contribution in [3.8, 4) is 0 Å². The summed E-state index contributed by atoms with van der Waals surface area (Å²) in [5.41, 5.74) is 2.97. The second kappa shape index (κ2) is 6.95. The molecule has 1 spiro atoms. The summed E-state index contributed by atoms with van der Waals surface area (Å²) < 4.78 is 0. The molecule has 2 heteroatoms. The Labute approximate surface area is 161 Å². The van der Waals surface area contributed by atoms with Crippen LogP contribution in [0.25, 0.3) is 0 Å². The number of rotatable bonds is 3. The van der Waals surface area contributed by atoms with Gasteiger partial charge in [0.2, 0.25) is 0 Å². The van der Waals surface area contributed by atoms with E-state index in [0.29, 0.717) is 16.5 Å². The number of benzene rings is 1. The van der Waals surface area contributed by atoms with Crippen molar-refractivity contribution < 1.29 is 0 Å². The number of hydrogen-bond acceptors (Lipinski definition) is 2. The third-order valence-corrected chi connectivity index (χ3v) is 7.92. The second-order valence-corrected chi connectivity index (χ2v) is 10.4. The summed E-state index contributed by atoms with van der Waals surface area (Å²) in [5.74, 6) is 0. The lowest BCUT2D eigenvalue weighted by atomic mass is 9.61. The molecule has 0 N–H and O–H groups in total. The zero-order chi connectivity index (χ0) is 18.3. The molecule has 2 heterocycles. The van der Waals surface area contributed by atoms with Crippen molar-refractivity contribution in [1.82, 2.24) is 9.80 Å². The summed E-state index contributed by atoms with van der Waals surface area (Å²) in [7, 11) is 0. The first-order valence-electron chi connectivity index (χ1n) is 11.0. The van der Waals surface area contributed by atoms with E-state index in [-0.39, 0.29) is 0 Å². The highest BCUT2D eigenvalue weighted by atomic mass is 15.2. The van der Waals surface area contributed by atoms with Crippen LogP contribution >= 0.6 is 0 Å². The quantitative estimate of drug-likeness (QED) is 0.742. The van der Waals surface area contributed by atoms with Crippen molar-refractivity contribution in [3.05, 3.63) is 35.9 Å². The van der Waals surface area contributed by atoms with E-state index in [1.54, 1.807) is 0 Å². The minimum Gasteiger partial charge on any atom is -0.298 e. The Hall–Kier alpha value is -0.860. The summed E-state index contributed by atoms with van der Waals surface area (Å²) in [4.78, 5) is 5.54. The van der Waals surface area contributed by atoms with Crippen molar-refractivity contribution in [2.75, 3.05) is 26.2 Å². The van der Waals surface area contributed by atoms with Crippen LogP contribution in [-0.4, -0.2) is 47.1 Å². The standard InChI is InChI=1S/C24H38N2/c1-22(2,3)25-18-14-23(15-19-25)10-12-24(13-11-23,26-16-7-17-26)20-21-8-5-4-6-9-21/h4-6,8-9H,7,10-20H2,1-3H3. The van der Waals surface area contributed by atoms with E-state index in [9.17, 15) is 0 Å². The molecular weight excluding hydrogens is 316 g/mol. The molecule has 1 aliphatic carbocycles. The van der Waals surface area contributed by atoms with Gasteiger partial charge in [-0.1, -0.05) is 30.3 Å². The monoisotopic (exact) mass is 354 g/mol. The van der Waals surface area contributed by atoms with Crippen LogP contribution in [0, 0.1) is 5.41 Å². The minimum atomic E-state index is 0.338. The highest BCUT2D eigenvalue weighted by Gasteiger charge is 2.48.